The number of ether oxygens (including phenoxy) is 1. The molecule has 1 heterocycles. The predicted molar refractivity (Wildman–Crippen MR) is 70.0 cm³/mol. The topological polar surface area (TPSA) is 38.3 Å². The summed E-state index contributed by atoms with van der Waals surface area (Å²) in [7, 11) is 1.42. The summed E-state index contributed by atoms with van der Waals surface area (Å²) in [6.07, 6.45) is 0. The molecule has 92 valence electrons. The van der Waals surface area contributed by atoms with Crippen LogP contribution in [0.1, 0.15) is 24.1 Å². The molecule has 1 aromatic rings. The van der Waals surface area contributed by atoms with Gasteiger partial charge in [-0.05, 0) is 18.1 Å². The number of esters is 1. The van der Waals surface area contributed by atoms with Crippen LogP contribution < -0.4 is 5.32 Å². The van der Waals surface area contributed by atoms with E-state index in [-0.39, 0.29) is 18.1 Å². The van der Waals surface area contributed by atoms with Gasteiger partial charge in [0, 0.05) is 17.5 Å². The van der Waals surface area contributed by atoms with Crippen molar-refractivity contribution in [3.8, 4) is 0 Å². The van der Waals surface area contributed by atoms with Crippen LogP contribution in [0.25, 0.3) is 0 Å². The van der Waals surface area contributed by atoms with Crippen LogP contribution in [-0.4, -0.2) is 24.9 Å². The molecule has 0 aliphatic carbocycles. The van der Waals surface area contributed by atoms with Crippen LogP contribution in [0.4, 0.5) is 0 Å². The van der Waals surface area contributed by atoms with Gasteiger partial charge in [-0.1, -0.05) is 24.3 Å². The van der Waals surface area contributed by atoms with Crippen molar-refractivity contribution in [3.63, 3.8) is 0 Å². The summed E-state index contributed by atoms with van der Waals surface area (Å²) < 4.78 is 4.73. The molecule has 0 saturated carbocycles. The molecule has 1 N–H and O–H groups in total. The van der Waals surface area contributed by atoms with E-state index in [0.29, 0.717) is 0 Å². The standard InChI is InChI=1S/C13H17NO2S/c1-9(13(15)16-2)14-12-8-17-7-10-5-3-4-6-11(10)12/h3-6,9,12,14H,7-8H2,1-2H3/t9-,12?/m0/s1. The Bertz CT molecular complexity index is 408. The number of carbonyl (C=O) groups is 1. The number of fused-ring (bicyclic) bond motifs is 1. The van der Waals surface area contributed by atoms with Crippen LogP contribution >= 0.6 is 11.8 Å². The second-order valence-electron chi connectivity index (χ2n) is 4.18. The van der Waals surface area contributed by atoms with Crippen LogP contribution in [0.5, 0.6) is 0 Å². The minimum atomic E-state index is -0.267. The molecule has 0 aromatic heterocycles. The molecule has 0 saturated heterocycles. The molecule has 4 heteroatoms. The van der Waals surface area contributed by atoms with Gasteiger partial charge in [0.25, 0.3) is 0 Å². The van der Waals surface area contributed by atoms with Gasteiger partial charge < -0.3 is 4.74 Å². The normalized spacial score (nSPS) is 20.5. The summed E-state index contributed by atoms with van der Waals surface area (Å²) in [4.78, 5) is 11.4. The highest BCUT2D eigenvalue weighted by atomic mass is 32.2. The van der Waals surface area contributed by atoms with Gasteiger partial charge >= 0.3 is 5.97 Å². The quantitative estimate of drug-likeness (QED) is 0.835. The largest absolute Gasteiger partial charge is 0.468 e. The fourth-order valence-electron chi connectivity index (χ4n) is 2.07. The number of methoxy groups -OCH3 is 1. The summed E-state index contributed by atoms with van der Waals surface area (Å²) in [6, 6.07) is 8.36. The lowest BCUT2D eigenvalue weighted by Crippen LogP contribution is -2.39. The van der Waals surface area contributed by atoms with Gasteiger partial charge in [-0.3, -0.25) is 10.1 Å². The maximum atomic E-state index is 11.4. The van der Waals surface area contributed by atoms with Gasteiger partial charge in [0.2, 0.25) is 0 Å². The highest BCUT2D eigenvalue weighted by molar-refractivity contribution is 7.98. The lowest BCUT2D eigenvalue weighted by atomic mass is 10.0. The van der Waals surface area contributed by atoms with Gasteiger partial charge in [-0.25, -0.2) is 0 Å². The Balaban J connectivity index is 2.11. The van der Waals surface area contributed by atoms with Gasteiger partial charge in [-0.2, -0.15) is 11.8 Å². The summed E-state index contributed by atoms with van der Waals surface area (Å²) in [6.45, 7) is 1.84. The number of hydrogen-bond acceptors (Lipinski definition) is 4. The van der Waals surface area contributed by atoms with E-state index >= 15 is 0 Å². The third-order valence-corrected chi connectivity index (χ3v) is 4.06. The van der Waals surface area contributed by atoms with Gasteiger partial charge in [0.1, 0.15) is 6.04 Å². The second-order valence-corrected chi connectivity index (χ2v) is 5.21. The maximum absolute atomic E-state index is 11.4. The Morgan fingerprint density at radius 2 is 2.29 bits per heavy atom. The molecule has 3 nitrogen and oxygen atoms in total. The number of rotatable bonds is 3. The van der Waals surface area contributed by atoms with Crippen molar-refractivity contribution in [3.05, 3.63) is 35.4 Å². The third kappa shape index (κ3) is 2.82. The zero-order valence-electron chi connectivity index (χ0n) is 10.1. The SMILES string of the molecule is COC(=O)[C@H](C)NC1CSCc2ccccc21. The predicted octanol–water partition coefficient (Wildman–Crippen LogP) is 2.13. The van der Waals surface area contributed by atoms with Crippen molar-refractivity contribution in [2.24, 2.45) is 0 Å². The molecule has 1 aliphatic rings. The molecule has 1 unspecified atom stereocenters. The van der Waals surface area contributed by atoms with Crippen molar-refractivity contribution in [2.75, 3.05) is 12.9 Å². The smallest absolute Gasteiger partial charge is 0.322 e. The highest BCUT2D eigenvalue weighted by Crippen LogP contribution is 2.31. The Morgan fingerprint density at radius 1 is 1.53 bits per heavy atom. The molecule has 0 amide bonds. The number of carbonyl (C=O) groups excluding carboxylic acids is 1. The summed E-state index contributed by atoms with van der Waals surface area (Å²) in [5.74, 6) is 1.84. The van der Waals surface area contributed by atoms with Gasteiger partial charge in [0.05, 0.1) is 7.11 Å². The van der Waals surface area contributed by atoms with Crippen LogP contribution in [-0.2, 0) is 15.3 Å². The summed E-state index contributed by atoms with van der Waals surface area (Å²) >= 11 is 1.89. The summed E-state index contributed by atoms with van der Waals surface area (Å²) in [5, 5.41) is 3.33. The maximum Gasteiger partial charge on any atom is 0.322 e. The van der Waals surface area contributed by atoms with Crippen molar-refractivity contribution >= 4 is 17.7 Å². The monoisotopic (exact) mass is 251 g/mol. The van der Waals surface area contributed by atoms with E-state index in [1.807, 2.05) is 24.8 Å². The molecule has 1 aliphatic heterocycles. The summed E-state index contributed by atoms with van der Waals surface area (Å²) in [5.41, 5.74) is 2.67. The molecule has 17 heavy (non-hydrogen) atoms. The minimum absolute atomic E-state index is 0.210. The van der Waals surface area contributed by atoms with Gasteiger partial charge in [-0.15, -0.1) is 0 Å². The molecular weight excluding hydrogens is 234 g/mol. The second kappa shape index (κ2) is 5.56. The number of hydrogen-bond donors (Lipinski definition) is 1. The van der Waals surface area contributed by atoms with Crippen LogP contribution in [0.2, 0.25) is 0 Å². The molecule has 0 spiro atoms. The van der Waals surface area contributed by atoms with Crippen molar-refractivity contribution in [1.29, 1.82) is 0 Å². The first-order valence-corrected chi connectivity index (χ1v) is 6.87. The first kappa shape index (κ1) is 12.5. The lowest BCUT2D eigenvalue weighted by molar-refractivity contribution is -0.142. The number of nitrogens with one attached hydrogen (secondary N) is 1. The molecule has 0 radical (unpaired) electrons. The van der Waals surface area contributed by atoms with E-state index < -0.39 is 0 Å². The van der Waals surface area contributed by atoms with Crippen molar-refractivity contribution in [2.45, 2.75) is 24.8 Å². The molecule has 0 fully saturated rings. The number of thioether (sulfide) groups is 1. The van der Waals surface area contributed by atoms with Crippen LogP contribution in [0.15, 0.2) is 24.3 Å². The zero-order chi connectivity index (χ0) is 12.3. The molecule has 0 bridgehead atoms. The van der Waals surface area contributed by atoms with E-state index in [2.05, 4.69) is 23.5 Å². The average Bonchev–Trinajstić information content (AvgIpc) is 2.38. The Morgan fingerprint density at radius 3 is 3.06 bits per heavy atom. The Kier molecular flexibility index (Phi) is 4.07. The van der Waals surface area contributed by atoms with Crippen LogP contribution in [0, 0.1) is 0 Å². The van der Waals surface area contributed by atoms with E-state index in [1.54, 1.807) is 0 Å². The van der Waals surface area contributed by atoms with Gasteiger partial charge in [0.15, 0.2) is 0 Å². The minimum Gasteiger partial charge on any atom is -0.468 e. The number of benzene rings is 1. The molecule has 1 aromatic carbocycles. The average molecular weight is 251 g/mol. The van der Waals surface area contributed by atoms with Crippen molar-refractivity contribution in [1.82, 2.24) is 5.32 Å². The van der Waals surface area contributed by atoms with Crippen LogP contribution in [0.3, 0.4) is 0 Å². The van der Waals surface area contributed by atoms with Crippen molar-refractivity contribution < 1.29 is 9.53 Å². The molecular formula is C13H17NO2S. The Labute approximate surface area is 106 Å². The van der Waals surface area contributed by atoms with E-state index in [9.17, 15) is 4.79 Å². The first-order chi connectivity index (χ1) is 8.22. The zero-order valence-corrected chi connectivity index (χ0v) is 10.9. The fourth-order valence-corrected chi connectivity index (χ4v) is 3.18. The molecule has 2 atom stereocenters. The Hall–Kier alpha value is -1.00. The van der Waals surface area contributed by atoms with E-state index in [4.69, 9.17) is 4.74 Å². The lowest BCUT2D eigenvalue weighted by Gasteiger charge is -2.28. The van der Waals surface area contributed by atoms with E-state index in [0.717, 1.165) is 11.5 Å². The fraction of sp³-hybridized carbons (Fsp3) is 0.462. The third-order valence-electron chi connectivity index (χ3n) is 2.98. The van der Waals surface area contributed by atoms with E-state index in [1.165, 1.54) is 18.2 Å². The molecule has 2 rings (SSSR count). The first-order valence-electron chi connectivity index (χ1n) is 5.72. The highest BCUT2D eigenvalue weighted by Gasteiger charge is 2.24.